The number of aliphatic carboxylic acids is 1. The second-order valence-electron chi connectivity index (χ2n) is 5.76. The van der Waals surface area contributed by atoms with Crippen LogP contribution in [0.2, 0.25) is 0 Å². The van der Waals surface area contributed by atoms with Gasteiger partial charge in [-0.3, -0.25) is 9.59 Å². The molecule has 0 fully saturated rings. The van der Waals surface area contributed by atoms with Crippen molar-refractivity contribution in [1.29, 1.82) is 0 Å². The molecule has 0 aliphatic rings. The number of carbonyl (C=O) groups is 2. The van der Waals surface area contributed by atoms with Crippen LogP contribution in [-0.2, 0) is 9.59 Å². The smallest absolute Gasteiger partial charge is 0.304 e. The highest BCUT2D eigenvalue weighted by atomic mass is 16.4. The Morgan fingerprint density at radius 2 is 1.65 bits per heavy atom. The van der Waals surface area contributed by atoms with E-state index in [0.717, 1.165) is 11.1 Å². The Morgan fingerprint density at radius 1 is 1.04 bits per heavy atom. The third-order valence-corrected chi connectivity index (χ3v) is 3.98. The number of aryl methyl sites for hydroxylation is 1. The number of rotatable bonds is 6. The summed E-state index contributed by atoms with van der Waals surface area (Å²) in [5, 5.41) is 12.0. The van der Waals surface area contributed by atoms with E-state index in [2.05, 4.69) is 5.32 Å². The maximum absolute atomic E-state index is 12.6. The lowest BCUT2D eigenvalue weighted by Gasteiger charge is -2.22. The first-order valence-corrected chi connectivity index (χ1v) is 7.61. The average Bonchev–Trinajstić information content (AvgIpc) is 2.54. The van der Waals surface area contributed by atoms with E-state index in [-0.39, 0.29) is 18.2 Å². The Balaban J connectivity index is 2.18. The molecule has 2 rings (SSSR count). The lowest BCUT2D eigenvalue weighted by molar-refractivity contribution is -0.140. The van der Waals surface area contributed by atoms with Crippen LogP contribution in [0.25, 0.3) is 0 Å². The number of carbonyl (C=O) groups excluding carboxylic acids is 1. The van der Waals surface area contributed by atoms with E-state index in [1.165, 1.54) is 0 Å². The maximum Gasteiger partial charge on any atom is 0.304 e. The van der Waals surface area contributed by atoms with Gasteiger partial charge in [-0.1, -0.05) is 55.0 Å². The van der Waals surface area contributed by atoms with Crippen molar-refractivity contribution in [1.82, 2.24) is 0 Å². The summed E-state index contributed by atoms with van der Waals surface area (Å²) in [6.45, 7) is 3.86. The van der Waals surface area contributed by atoms with Gasteiger partial charge >= 0.3 is 5.97 Å². The van der Waals surface area contributed by atoms with E-state index in [4.69, 9.17) is 5.11 Å². The molecule has 0 saturated carbocycles. The second kappa shape index (κ2) is 7.58. The number of anilines is 1. The zero-order valence-corrected chi connectivity index (χ0v) is 13.3. The minimum atomic E-state index is -0.975. The molecule has 2 N–H and O–H groups in total. The fourth-order valence-electron chi connectivity index (χ4n) is 2.55. The monoisotopic (exact) mass is 311 g/mol. The van der Waals surface area contributed by atoms with Crippen molar-refractivity contribution in [3.63, 3.8) is 0 Å². The largest absolute Gasteiger partial charge is 0.481 e. The van der Waals surface area contributed by atoms with E-state index in [9.17, 15) is 9.59 Å². The van der Waals surface area contributed by atoms with Crippen LogP contribution in [0, 0.1) is 12.8 Å². The summed E-state index contributed by atoms with van der Waals surface area (Å²) in [5.74, 6) is -2.06. The molecule has 0 radical (unpaired) electrons. The van der Waals surface area contributed by atoms with Crippen LogP contribution in [0.1, 0.15) is 30.4 Å². The zero-order valence-electron chi connectivity index (χ0n) is 13.3. The van der Waals surface area contributed by atoms with Crippen LogP contribution in [0.15, 0.2) is 54.6 Å². The highest BCUT2D eigenvalue weighted by Crippen LogP contribution is 2.28. The van der Waals surface area contributed by atoms with Crippen molar-refractivity contribution in [2.45, 2.75) is 26.2 Å². The number of amides is 1. The van der Waals surface area contributed by atoms with Gasteiger partial charge in [0, 0.05) is 5.69 Å². The summed E-state index contributed by atoms with van der Waals surface area (Å²) >= 11 is 0. The fraction of sp³-hybridized carbons (Fsp3) is 0.263. The van der Waals surface area contributed by atoms with E-state index in [1.54, 1.807) is 0 Å². The number of carboxylic acids is 1. The van der Waals surface area contributed by atoms with Crippen molar-refractivity contribution in [2.24, 2.45) is 5.92 Å². The fourth-order valence-corrected chi connectivity index (χ4v) is 2.55. The topological polar surface area (TPSA) is 66.4 Å². The predicted molar refractivity (Wildman–Crippen MR) is 90.4 cm³/mol. The molecule has 0 aliphatic heterocycles. The van der Waals surface area contributed by atoms with Crippen molar-refractivity contribution in [2.75, 3.05) is 5.32 Å². The van der Waals surface area contributed by atoms with Gasteiger partial charge in [0.1, 0.15) is 0 Å². The zero-order chi connectivity index (χ0) is 16.8. The number of nitrogens with one attached hydrogen (secondary N) is 1. The van der Waals surface area contributed by atoms with Gasteiger partial charge in [0.05, 0.1) is 12.3 Å². The highest BCUT2D eigenvalue weighted by Gasteiger charge is 2.28. The first kappa shape index (κ1) is 16.7. The van der Waals surface area contributed by atoms with Gasteiger partial charge in [0.2, 0.25) is 5.91 Å². The second-order valence-corrected chi connectivity index (χ2v) is 5.76. The average molecular weight is 311 g/mol. The Hall–Kier alpha value is -2.62. The molecule has 2 atom stereocenters. The Bertz CT molecular complexity index is 665. The molecule has 2 aromatic carbocycles. The molecule has 23 heavy (non-hydrogen) atoms. The highest BCUT2D eigenvalue weighted by molar-refractivity contribution is 5.95. The van der Waals surface area contributed by atoms with Crippen LogP contribution >= 0.6 is 0 Å². The van der Waals surface area contributed by atoms with Crippen LogP contribution < -0.4 is 5.32 Å². The summed E-state index contributed by atoms with van der Waals surface area (Å²) in [6.07, 6.45) is -0.201. The van der Waals surface area contributed by atoms with Gasteiger partial charge in [-0.15, -0.1) is 0 Å². The van der Waals surface area contributed by atoms with Crippen molar-refractivity contribution in [3.8, 4) is 0 Å². The van der Waals surface area contributed by atoms with Crippen molar-refractivity contribution >= 4 is 17.6 Å². The van der Waals surface area contributed by atoms with E-state index in [1.807, 2.05) is 68.4 Å². The molecule has 0 aliphatic carbocycles. The molecular formula is C19H21NO3. The Labute approximate surface area is 136 Å². The molecule has 0 spiro atoms. The van der Waals surface area contributed by atoms with Gasteiger partial charge < -0.3 is 10.4 Å². The molecule has 1 amide bonds. The predicted octanol–water partition coefficient (Wildman–Crippen LogP) is 3.83. The first-order chi connectivity index (χ1) is 11.0. The maximum atomic E-state index is 12.6. The minimum absolute atomic E-state index is 0.183. The Kier molecular flexibility index (Phi) is 5.52. The van der Waals surface area contributed by atoms with Crippen LogP contribution in [0.4, 0.5) is 5.69 Å². The molecule has 0 unspecified atom stereocenters. The van der Waals surface area contributed by atoms with Gasteiger partial charge in [-0.05, 0) is 30.5 Å². The molecule has 4 heteroatoms. The minimum Gasteiger partial charge on any atom is -0.481 e. The van der Waals surface area contributed by atoms with Crippen LogP contribution in [0.3, 0.4) is 0 Å². The third-order valence-electron chi connectivity index (χ3n) is 3.98. The van der Waals surface area contributed by atoms with E-state index in [0.29, 0.717) is 5.69 Å². The molecule has 2 aromatic rings. The van der Waals surface area contributed by atoms with Gasteiger partial charge in [-0.25, -0.2) is 0 Å². The standard InChI is InChI=1S/C19H21NO3/c1-13-8-10-16(11-9-13)20-19(23)17(12-18(21)22)14(2)15-6-4-3-5-7-15/h3-11,14,17H,12H2,1-2H3,(H,20,23)(H,21,22)/t14-,17-/m1/s1. The lowest BCUT2D eigenvalue weighted by atomic mass is 9.84. The summed E-state index contributed by atoms with van der Waals surface area (Å²) in [4.78, 5) is 23.7. The van der Waals surface area contributed by atoms with Crippen molar-refractivity contribution in [3.05, 3.63) is 65.7 Å². The SMILES string of the molecule is Cc1ccc(NC(=O)[C@H](CC(=O)O)[C@H](C)c2ccccc2)cc1. The molecule has 0 bridgehead atoms. The van der Waals surface area contributed by atoms with E-state index < -0.39 is 11.9 Å². The number of hydrogen-bond donors (Lipinski definition) is 2. The molecule has 0 heterocycles. The van der Waals surface area contributed by atoms with Gasteiger partial charge in [0.15, 0.2) is 0 Å². The number of hydrogen-bond acceptors (Lipinski definition) is 2. The molecule has 4 nitrogen and oxygen atoms in total. The van der Waals surface area contributed by atoms with Gasteiger partial charge in [0.25, 0.3) is 0 Å². The molecule has 120 valence electrons. The van der Waals surface area contributed by atoms with E-state index >= 15 is 0 Å². The molecule has 0 saturated heterocycles. The molecule has 0 aromatic heterocycles. The summed E-state index contributed by atoms with van der Waals surface area (Å²) in [7, 11) is 0. The van der Waals surface area contributed by atoms with Gasteiger partial charge in [-0.2, -0.15) is 0 Å². The molecular weight excluding hydrogens is 290 g/mol. The van der Waals surface area contributed by atoms with Crippen molar-refractivity contribution < 1.29 is 14.7 Å². The quantitative estimate of drug-likeness (QED) is 0.852. The first-order valence-electron chi connectivity index (χ1n) is 7.61. The summed E-state index contributed by atoms with van der Waals surface area (Å²) < 4.78 is 0. The lowest BCUT2D eigenvalue weighted by Crippen LogP contribution is -2.29. The number of carboxylic acid groups (broad SMARTS) is 1. The number of benzene rings is 2. The Morgan fingerprint density at radius 3 is 2.22 bits per heavy atom. The normalized spacial score (nSPS) is 13.1. The summed E-state index contributed by atoms with van der Waals surface area (Å²) in [5.41, 5.74) is 2.73. The third kappa shape index (κ3) is 4.68. The van der Waals surface area contributed by atoms with Crippen LogP contribution in [-0.4, -0.2) is 17.0 Å². The van der Waals surface area contributed by atoms with Crippen LogP contribution in [0.5, 0.6) is 0 Å². The summed E-state index contributed by atoms with van der Waals surface area (Å²) in [6, 6.07) is 17.0.